The van der Waals surface area contributed by atoms with Gasteiger partial charge in [0, 0.05) is 24.8 Å². The summed E-state index contributed by atoms with van der Waals surface area (Å²) in [5.74, 6) is 0.989. The van der Waals surface area contributed by atoms with E-state index in [1.165, 1.54) is 50.6 Å². The summed E-state index contributed by atoms with van der Waals surface area (Å²) in [6.07, 6.45) is 9.53. The first-order valence-electron chi connectivity index (χ1n) is 8.82. The molecule has 3 rings (SSSR count). The van der Waals surface area contributed by atoms with Gasteiger partial charge in [-0.1, -0.05) is 25.5 Å². The molecule has 2 nitrogen and oxygen atoms in total. The fraction of sp³-hybridized carbons (Fsp3) is 0.684. The third-order valence-electron chi connectivity index (χ3n) is 5.63. The average Bonchev–Trinajstić information content (AvgIpc) is 2.55. The molecule has 1 saturated carbocycles. The molecule has 21 heavy (non-hydrogen) atoms. The first-order valence-corrected chi connectivity index (χ1v) is 8.82. The van der Waals surface area contributed by atoms with Crippen LogP contribution in [0.5, 0.6) is 0 Å². The van der Waals surface area contributed by atoms with Crippen molar-refractivity contribution in [2.45, 2.75) is 64.5 Å². The minimum atomic E-state index is 0.792. The Balaban J connectivity index is 1.64. The maximum Gasteiger partial charge on any atom is 0.0375 e. The van der Waals surface area contributed by atoms with Gasteiger partial charge in [0.15, 0.2) is 0 Å². The zero-order chi connectivity index (χ0) is 14.7. The van der Waals surface area contributed by atoms with E-state index in [1.807, 2.05) is 0 Å². The van der Waals surface area contributed by atoms with Crippen LogP contribution >= 0.6 is 0 Å². The molecular weight excluding hydrogens is 256 g/mol. The summed E-state index contributed by atoms with van der Waals surface area (Å²) in [6.45, 7) is 4.59. The molecule has 2 aliphatic rings. The predicted octanol–water partition coefficient (Wildman–Crippen LogP) is 4.45. The number of hydrogen-bond donors (Lipinski definition) is 1. The lowest BCUT2D eigenvalue weighted by atomic mass is 9.84. The second-order valence-corrected chi connectivity index (χ2v) is 6.97. The minimum absolute atomic E-state index is 0.792. The van der Waals surface area contributed by atoms with Gasteiger partial charge < -0.3 is 5.32 Å². The van der Waals surface area contributed by atoms with Gasteiger partial charge in [-0.25, -0.2) is 0 Å². The molecule has 0 unspecified atom stereocenters. The summed E-state index contributed by atoms with van der Waals surface area (Å²) in [5, 5.41) is 3.55. The summed E-state index contributed by atoms with van der Waals surface area (Å²) in [4.78, 5) is 2.61. The monoisotopic (exact) mass is 286 g/mol. The lowest BCUT2D eigenvalue weighted by molar-refractivity contribution is 0.157. The molecule has 116 valence electrons. The lowest BCUT2D eigenvalue weighted by Crippen LogP contribution is -2.35. The van der Waals surface area contributed by atoms with Crippen molar-refractivity contribution in [3.05, 3.63) is 29.3 Å². The van der Waals surface area contributed by atoms with Crippen LogP contribution in [0.15, 0.2) is 18.2 Å². The first kappa shape index (κ1) is 14.9. The predicted molar refractivity (Wildman–Crippen MR) is 90.8 cm³/mol. The molecule has 2 heteroatoms. The minimum Gasteiger partial charge on any atom is -0.385 e. The SMILES string of the molecule is CCC1CCC(N(C)Cc2cccc3c2CCCN3)CC1. The van der Waals surface area contributed by atoms with Crippen LogP contribution in [0.25, 0.3) is 0 Å². The van der Waals surface area contributed by atoms with Crippen molar-refractivity contribution in [1.29, 1.82) is 0 Å². The maximum atomic E-state index is 3.55. The van der Waals surface area contributed by atoms with Crippen molar-refractivity contribution in [3.8, 4) is 0 Å². The number of nitrogens with zero attached hydrogens (tertiary/aromatic N) is 1. The molecule has 1 fully saturated rings. The van der Waals surface area contributed by atoms with Gasteiger partial charge in [-0.3, -0.25) is 4.90 Å². The highest BCUT2D eigenvalue weighted by molar-refractivity contribution is 5.56. The smallest absolute Gasteiger partial charge is 0.0375 e. The van der Waals surface area contributed by atoms with Crippen molar-refractivity contribution in [1.82, 2.24) is 4.90 Å². The third-order valence-corrected chi connectivity index (χ3v) is 5.63. The highest BCUT2D eigenvalue weighted by Gasteiger charge is 2.24. The van der Waals surface area contributed by atoms with Crippen LogP contribution in [0.3, 0.4) is 0 Å². The van der Waals surface area contributed by atoms with Crippen LogP contribution in [-0.2, 0) is 13.0 Å². The molecule has 1 heterocycles. The summed E-state index contributed by atoms with van der Waals surface area (Å²) in [7, 11) is 2.33. The summed E-state index contributed by atoms with van der Waals surface area (Å²) in [6, 6.07) is 7.58. The zero-order valence-corrected chi connectivity index (χ0v) is 13.7. The van der Waals surface area contributed by atoms with E-state index in [0.29, 0.717) is 0 Å². The fourth-order valence-electron chi connectivity index (χ4n) is 4.12. The molecule has 0 bridgehead atoms. The van der Waals surface area contributed by atoms with Crippen LogP contribution < -0.4 is 5.32 Å². The van der Waals surface area contributed by atoms with Gasteiger partial charge in [0.1, 0.15) is 0 Å². The number of anilines is 1. The standard InChI is InChI=1S/C19H30N2/c1-3-15-9-11-17(12-10-15)21(2)14-16-6-4-8-19-18(16)7-5-13-20-19/h4,6,8,15,17,20H,3,5,7,9-14H2,1-2H3. The van der Waals surface area contributed by atoms with E-state index in [9.17, 15) is 0 Å². The van der Waals surface area contributed by atoms with E-state index in [4.69, 9.17) is 0 Å². The van der Waals surface area contributed by atoms with E-state index in [-0.39, 0.29) is 0 Å². The van der Waals surface area contributed by atoms with Crippen molar-refractivity contribution in [2.24, 2.45) is 5.92 Å². The molecule has 1 aromatic carbocycles. The van der Waals surface area contributed by atoms with Crippen molar-refractivity contribution >= 4 is 5.69 Å². The van der Waals surface area contributed by atoms with Crippen LogP contribution in [0.4, 0.5) is 5.69 Å². The molecule has 0 aromatic heterocycles. The van der Waals surface area contributed by atoms with Gasteiger partial charge in [-0.15, -0.1) is 0 Å². The first-order chi connectivity index (χ1) is 10.3. The quantitative estimate of drug-likeness (QED) is 0.880. The zero-order valence-electron chi connectivity index (χ0n) is 13.7. The van der Waals surface area contributed by atoms with E-state index in [0.717, 1.165) is 25.0 Å². The average molecular weight is 286 g/mol. The van der Waals surface area contributed by atoms with Crippen molar-refractivity contribution in [3.63, 3.8) is 0 Å². The van der Waals surface area contributed by atoms with E-state index in [1.54, 1.807) is 11.1 Å². The maximum absolute atomic E-state index is 3.55. The van der Waals surface area contributed by atoms with Gasteiger partial charge in [-0.05, 0) is 68.7 Å². The molecule has 0 atom stereocenters. The van der Waals surface area contributed by atoms with Crippen molar-refractivity contribution < 1.29 is 0 Å². The number of benzene rings is 1. The molecule has 1 aliphatic heterocycles. The number of nitrogens with one attached hydrogen (secondary N) is 1. The van der Waals surface area contributed by atoms with Crippen LogP contribution in [-0.4, -0.2) is 24.5 Å². The largest absolute Gasteiger partial charge is 0.385 e. The van der Waals surface area contributed by atoms with Gasteiger partial charge in [-0.2, -0.15) is 0 Å². The van der Waals surface area contributed by atoms with Gasteiger partial charge >= 0.3 is 0 Å². The fourth-order valence-corrected chi connectivity index (χ4v) is 4.12. The van der Waals surface area contributed by atoms with Gasteiger partial charge in [0.2, 0.25) is 0 Å². The third kappa shape index (κ3) is 3.42. The van der Waals surface area contributed by atoms with Crippen LogP contribution in [0, 0.1) is 5.92 Å². The Labute approximate surface area is 129 Å². The van der Waals surface area contributed by atoms with Crippen LogP contribution in [0.2, 0.25) is 0 Å². The Kier molecular flexibility index (Phi) is 4.84. The Bertz CT molecular complexity index is 461. The van der Waals surface area contributed by atoms with Gasteiger partial charge in [0.05, 0.1) is 0 Å². The van der Waals surface area contributed by atoms with Gasteiger partial charge in [0.25, 0.3) is 0 Å². The summed E-state index contributed by atoms with van der Waals surface area (Å²) in [5.41, 5.74) is 4.49. The number of hydrogen-bond acceptors (Lipinski definition) is 2. The Morgan fingerprint density at radius 1 is 1.19 bits per heavy atom. The lowest BCUT2D eigenvalue weighted by Gasteiger charge is -2.35. The van der Waals surface area contributed by atoms with E-state index >= 15 is 0 Å². The second kappa shape index (κ2) is 6.83. The Morgan fingerprint density at radius 3 is 2.76 bits per heavy atom. The molecule has 0 saturated heterocycles. The van der Waals surface area contributed by atoms with E-state index < -0.39 is 0 Å². The number of rotatable bonds is 4. The highest BCUT2D eigenvalue weighted by atomic mass is 15.1. The molecule has 0 radical (unpaired) electrons. The van der Waals surface area contributed by atoms with Crippen LogP contribution in [0.1, 0.15) is 56.6 Å². The normalized spacial score (nSPS) is 25.5. The Morgan fingerprint density at radius 2 is 2.00 bits per heavy atom. The molecule has 1 N–H and O–H groups in total. The molecule has 1 aliphatic carbocycles. The molecule has 0 amide bonds. The Hall–Kier alpha value is -1.02. The van der Waals surface area contributed by atoms with E-state index in [2.05, 4.69) is 42.4 Å². The molecule has 1 aromatic rings. The topological polar surface area (TPSA) is 15.3 Å². The summed E-state index contributed by atoms with van der Waals surface area (Å²) >= 11 is 0. The highest BCUT2D eigenvalue weighted by Crippen LogP contribution is 2.31. The van der Waals surface area contributed by atoms with Crippen molar-refractivity contribution in [2.75, 3.05) is 18.9 Å². The number of fused-ring (bicyclic) bond motifs is 1. The summed E-state index contributed by atoms with van der Waals surface area (Å²) < 4.78 is 0. The molecular formula is C19H30N2. The second-order valence-electron chi connectivity index (χ2n) is 6.97. The molecule has 0 spiro atoms.